The van der Waals surface area contributed by atoms with Gasteiger partial charge < -0.3 is 40.3 Å². The molecule has 1 aliphatic heterocycles. The van der Waals surface area contributed by atoms with Gasteiger partial charge in [-0.05, 0) is 64.2 Å². The van der Waals surface area contributed by atoms with Gasteiger partial charge in [-0.1, -0.05) is 255 Å². The Labute approximate surface area is 431 Å². The van der Waals surface area contributed by atoms with Crippen LogP contribution < -0.4 is 5.32 Å². The number of hydrogen-bond donors (Lipinski definition) is 6. The maximum atomic E-state index is 13.1. The van der Waals surface area contributed by atoms with E-state index in [1.165, 1.54) is 212 Å². The molecule has 70 heavy (non-hydrogen) atoms. The molecule has 0 bridgehead atoms. The number of aliphatic hydroxyl groups is 5. The third-order valence-electron chi connectivity index (χ3n) is 14.1. The van der Waals surface area contributed by atoms with Crippen LogP contribution in [0.4, 0.5) is 0 Å². The summed E-state index contributed by atoms with van der Waals surface area (Å²) in [5.41, 5.74) is 0. The largest absolute Gasteiger partial charge is 0.394 e. The van der Waals surface area contributed by atoms with Crippen LogP contribution in [0.5, 0.6) is 0 Å². The maximum Gasteiger partial charge on any atom is 0.220 e. The van der Waals surface area contributed by atoms with Gasteiger partial charge in [0, 0.05) is 6.42 Å². The van der Waals surface area contributed by atoms with E-state index >= 15 is 0 Å². The summed E-state index contributed by atoms with van der Waals surface area (Å²) in [6.07, 6.45) is 60.4. The zero-order chi connectivity index (χ0) is 50.8. The molecule has 1 rings (SSSR count). The molecule has 0 aromatic heterocycles. The van der Waals surface area contributed by atoms with Crippen molar-refractivity contribution in [3.63, 3.8) is 0 Å². The Bertz CT molecular complexity index is 1240. The maximum absolute atomic E-state index is 13.1. The minimum atomic E-state index is -1.57. The fourth-order valence-corrected chi connectivity index (χ4v) is 9.38. The second-order valence-electron chi connectivity index (χ2n) is 20.8. The van der Waals surface area contributed by atoms with Crippen LogP contribution in [0.3, 0.4) is 0 Å². The van der Waals surface area contributed by atoms with E-state index in [1.54, 1.807) is 6.08 Å². The van der Waals surface area contributed by atoms with Crippen LogP contribution in [-0.2, 0) is 14.3 Å². The van der Waals surface area contributed by atoms with Crippen molar-refractivity contribution in [3.05, 3.63) is 48.6 Å². The van der Waals surface area contributed by atoms with Gasteiger partial charge in [-0.2, -0.15) is 0 Å². The number of aliphatic hydroxyl groups excluding tert-OH is 5. The zero-order valence-corrected chi connectivity index (χ0v) is 45.5. The first-order chi connectivity index (χ1) is 34.3. The number of carbonyl (C=O) groups excluding carboxylic acids is 1. The van der Waals surface area contributed by atoms with E-state index in [-0.39, 0.29) is 12.5 Å². The molecule has 6 N–H and O–H groups in total. The molecule has 1 fully saturated rings. The fourth-order valence-electron chi connectivity index (χ4n) is 9.38. The quantitative estimate of drug-likeness (QED) is 0.0261. The predicted octanol–water partition coefficient (Wildman–Crippen LogP) is 14.9. The number of ether oxygens (including phenoxy) is 2. The summed E-state index contributed by atoms with van der Waals surface area (Å²) in [6.45, 7) is 3.78. The lowest BCUT2D eigenvalue weighted by molar-refractivity contribution is -0.302. The number of rotatable bonds is 51. The fraction of sp³-hybridized carbons (Fsp3) is 0.852. The zero-order valence-electron chi connectivity index (χ0n) is 45.5. The highest BCUT2D eigenvalue weighted by atomic mass is 16.7. The van der Waals surface area contributed by atoms with Crippen molar-refractivity contribution >= 4 is 5.91 Å². The number of hydrogen-bond acceptors (Lipinski definition) is 8. The Morgan fingerprint density at radius 1 is 0.486 bits per heavy atom. The van der Waals surface area contributed by atoms with Crippen LogP contribution in [0.2, 0.25) is 0 Å². The predicted molar refractivity (Wildman–Crippen MR) is 295 cm³/mol. The molecule has 9 nitrogen and oxygen atoms in total. The molecule has 1 amide bonds. The number of unbranched alkanes of at least 4 members (excludes halogenated alkanes) is 35. The highest BCUT2D eigenvalue weighted by molar-refractivity contribution is 5.76. The van der Waals surface area contributed by atoms with Crippen LogP contribution in [0.1, 0.15) is 277 Å². The van der Waals surface area contributed by atoms with Crippen molar-refractivity contribution < 1.29 is 39.8 Å². The van der Waals surface area contributed by atoms with E-state index in [2.05, 4.69) is 55.6 Å². The van der Waals surface area contributed by atoms with Crippen LogP contribution in [0.25, 0.3) is 0 Å². The van der Waals surface area contributed by atoms with Gasteiger partial charge in [0.25, 0.3) is 0 Å². The second kappa shape index (κ2) is 50.7. The lowest BCUT2D eigenvalue weighted by Crippen LogP contribution is -2.60. The summed E-state index contributed by atoms with van der Waals surface area (Å²) < 4.78 is 11.3. The molecule has 0 spiro atoms. The van der Waals surface area contributed by atoms with Crippen LogP contribution in [0.15, 0.2) is 48.6 Å². The summed E-state index contributed by atoms with van der Waals surface area (Å²) in [4.78, 5) is 13.1. The second-order valence-corrected chi connectivity index (χ2v) is 20.8. The van der Waals surface area contributed by atoms with E-state index < -0.39 is 49.5 Å². The number of carbonyl (C=O) groups is 1. The third-order valence-corrected chi connectivity index (χ3v) is 14.1. The minimum Gasteiger partial charge on any atom is -0.394 e. The third kappa shape index (κ3) is 39.7. The van der Waals surface area contributed by atoms with Crippen LogP contribution >= 0.6 is 0 Å². The van der Waals surface area contributed by atoms with Crippen molar-refractivity contribution in [3.8, 4) is 0 Å². The number of nitrogens with one attached hydrogen (secondary N) is 1. The van der Waals surface area contributed by atoms with Gasteiger partial charge in [0.05, 0.1) is 25.4 Å². The number of allylic oxidation sites excluding steroid dienone is 7. The molecule has 7 unspecified atom stereocenters. The topological polar surface area (TPSA) is 149 Å². The van der Waals surface area contributed by atoms with Gasteiger partial charge in [0.2, 0.25) is 5.91 Å². The molecule has 1 saturated heterocycles. The van der Waals surface area contributed by atoms with Gasteiger partial charge >= 0.3 is 0 Å². The Morgan fingerprint density at radius 3 is 1.29 bits per heavy atom. The van der Waals surface area contributed by atoms with E-state index in [0.717, 1.165) is 44.9 Å². The minimum absolute atomic E-state index is 0.187. The van der Waals surface area contributed by atoms with Crippen molar-refractivity contribution in [1.29, 1.82) is 0 Å². The summed E-state index contributed by atoms with van der Waals surface area (Å²) in [5.74, 6) is -0.187. The summed E-state index contributed by atoms with van der Waals surface area (Å²) in [5, 5.41) is 54.5. The van der Waals surface area contributed by atoms with Gasteiger partial charge in [0.1, 0.15) is 24.4 Å². The molecule has 0 saturated carbocycles. The van der Waals surface area contributed by atoms with Gasteiger partial charge in [0.15, 0.2) is 6.29 Å². The average Bonchev–Trinajstić information content (AvgIpc) is 3.36. The van der Waals surface area contributed by atoms with Gasteiger partial charge in [-0.25, -0.2) is 0 Å². The van der Waals surface area contributed by atoms with E-state index in [9.17, 15) is 30.3 Å². The normalized spacial score (nSPS) is 19.7. The van der Waals surface area contributed by atoms with Crippen molar-refractivity contribution in [2.75, 3.05) is 13.2 Å². The first kappa shape index (κ1) is 66.2. The molecule has 0 aromatic rings. The Hall–Kier alpha value is -1.85. The standard InChI is InChI=1S/C61H113NO8/c1-3-5-7-9-11-13-15-17-19-21-23-25-27-29-30-32-34-36-38-40-42-44-46-48-50-55(64)54(53-69-61-60(68)59(67)58(66)56(52-63)70-61)62-57(65)51-49-47-45-43-41-39-37-35-33-31-28-26-24-22-20-18-16-14-12-10-8-6-4-2/h16,18,22,24,40,42,48,50,54-56,58-61,63-64,66-68H,3-15,17,19-21,23,25-39,41,43-47,49,51-53H2,1-2H3,(H,62,65)/b18-16-,24-22-,42-40+,50-48+. The molecule has 7 atom stereocenters. The number of amides is 1. The molecule has 410 valence electrons. The molecular formula is C61H113NO8. The first-order valence-corrected chi connectivity index (χ1v) is 29.9. The van der Waals surface area contributed by atoms with Crippen molar-refractivity contribution in [2.24, 2.45) is 0 Å². The van der Waals surface area contributed by atoms with E-state index in [1.807, 2.05) is 6.08 Å². The molecule has 0 aromatic carbocycles. The van der Waals surface area contributed by atoms with Crippen LogP contribution in [-0.4, -0.2) is 87.5 Å². The van der Waals surface area contributed by atoms with E-state index in [0.29, 0.717) is 6.42 Å². The van der Waals surface area contributed by atoms with Crippen LogP contribution in [0, 0.1) is 0 Å². The SMILES string of the molecule is CCCCCCC/C=C\C/C=C\CCCCCCCCCCCCCC(=O)NC(COC1OC(CO)C(O)C(O)C1O)C(O)/C=C/CC/C=C/CCCCCCCCCCCCCCCCCCCC. The van der Waals surface area contributed by atoms with Crippen molar-refractivity contribution in [2.45, 2.75) is 320 Å². The Morgan fingerprint density at radius 2 is 0.857 bits per heavy atom. The molecule has 1 heterocycles. The van der Waals surface area contributed by atoms with Crippen molar-refractivity contribution in [1.82, 2.24) is 5.32 Å². The average molecular weight is 989 g/mol. The summed E-state index contributed by atoms with van der Waals surface area (Å²) in [7, 11) is 0. The summed E-state index contributed by atoms with van der Waals surface area (Å²) in [6, 6.07) is -0.824. The van der Waals surface area contributed by atoms with Gasteiger partial charge in [-0.3, -0.25) is 4.79 Å². The molecule has 9 heteroatoms. The molecule has 1 aliphatic rings. The molecule has 0 aliphatic carbocycles. The Kier molecular flexibility index (Phi) is 47.9. The van der Waals surface area contributed by atoms with Gasteiger partial charge in [-0.15, -0.1) is 0 Å². The summed E-state index contributed by atoms with van der Waals surface area (Å²) >= 11 is 0. The Balaban J connectivity index is 2.24. The first-order valence-electron chi connectivity index (χ1n) is 29.9. The molecular weight excluding hydrogens is 875 g/mol. The monoisotopic (exact) mass is 988 g/mol. The highest BCUT2D eigenvalue weighted by Crippen LogP contribution is 2.23. The smallest absolute Gasteiger partial charge is 0.220 e. The highest BCUT2D eigenvalue weighted by Gasteiger charge is 2.44. The lowest BCUT2D eigenvalue weighted by atomic mass is 9.99. The molecule has 0 radical (unpaired) electrons. The van der Waals surface area contributed by atoms with E-state index in [4.69, 9.17) is 9.47 Å². The lowest BCUT2D eigenvalue weighted by Gasteiger charge is -2.40.